The molecule has 0 bridgehead atoms. The summed E-state index contributed by atoms with van der Waals surface area (Å²) in [6, 6.07) is 13.0. The van der Waals surface area contributed by atoms with Gasteiger partial charge in [-0.1, -0.05) is 18.2 Å². The molecule has 1 N–H and O–H groups in total. The number of amides is 2. The first-order valence-electron chi connectivity index (χ1n) is 8.30. The zero-order valence-corrected chi connectivity index (χ0v) is 16.1. The van der Waals surface area contributed by atoms with E-state index in [1.807, 2.05) is 31.2 Å². The van der Waals surface area contributed by atoms with Crippen molar-refractivity contribution in [1.82, 2.24) is 4.90 Å². The van der Waals surface area contributed by atoms with E-state index in [0.29, 0.717) is 22.0 Å². The Labute approximate surface area is 162 Å². The van der Waals surface area contributed by atoms with Crippen molar-refractivity contribution in [2.24, 2.45) is 0 Å². The van der Waals surface area contributed by atoms with E-state index in [0.717, 1.165) is 23.0 Å². The molecule has 0 atom stereocenters. The van der Waals surface area contributed by atoms with Gasteiger partial charge in [0.15, 0.2) is 0 Å². The average molecular weight is 384 g/mol. The highest BCUT2D eigenvalue weighted by atomic mass is 32.2. The minimum Gasteiger partial charge on any atom is -0.497 e. The predicted octanol–water partition coefficient (Wildman–Crippen LogP) is 4.12. The van der Waals surface area contributed by atoms with Crippen molar-refractivity contribution in [3.63, 3.8) is 0 Å². The molecule has 0 unspecified atom stereocenters. The summed E-state index contributed by atoms with van der Waals surface area (Å²) in [5, 5.41) is 2.83. The first-order chi connectivity index (χ1) is 13.0. The first kappa shape index (κ1) is 18.8. The number of imide groups is 1. The highest BCUT2D eigenvalue weighted by molar-refractivity contribution is 8.18. The minimum atomic E-state index is -0.330. The molecule has 0 saturated carbocycles. The van der Waals surface area contributed by atoms with Gasteiger partial charge in [-0.15, -0.1) is 0 Å². The minimum absolute atomic E-state index is 0.118. The number of anilines is 1. The van der Waals surface area contributed by atoms with E-state index in [-0.39, 0.29) is 17.8 Å². The Balaban J connectivity index is 1.77. The van der Waals surface area contributed by atoms with Gasteiger partial charge in [0.2, 0.25) is 0 Å². The maximum atomic E-state index is 12.7. The van der Waals surface area contributed by atoms with Crippen molar-refractivity contribution < 1.29 is 19.1 Å². The number of aryl methyl sites for hydroxylation is 1. The molecule has 7 heteroatoms. The molecule has 27 heavy (non-hydrogen) atoms. The fourth-order valence-corrected chi connectivity index (χ4v) is 3.48. The van der Waals surface area contributed by atoms with E-state index >= 15 is 0 Å². The number of benzene rings is 2. The van der Waals surface area contributed by atoms with Gasteiger partial charge in [0, 0.05) is 17.3 Å². The number of nitrogens with one attached hydrogen (secondary N) is 1. The summed E-state index contributed by atoms with van der Waals surface area (Å²) in [5.41, 5.74) is 2.64. The predicted molar refractivity (Wildman–Crippen MR) is 107 cm³/mol. The second-order valence-electron chi connectivity index (χ2n) is 5.87. The molecular weight excluding hydrogens is 364 g/mol. The summed E-state index contributed by atoms with van der Waals surface area (Å²) in [6.07, 6.45) is 1.66. The van der Waals surface area contributed by atoms with Crippen LogP contribution in [0.2, 0.25) is 0 Å². The molecule has 2 amide bonds. The maximum absolute atomic E-state index is 12.7. The number of hydrogen-bond donors (Lipinski definition) is 1. The lowest BCUT2D eigenvalue weighted by Gasteiger charge is -2.15. The lowest BCUT2D eigenvalue weighted by Crippen LogP contribution is -2.33. The van der Waals surface area contributed by atoms with Gasteiger partial charge in [-0.25, -0.2) is 0 Å². The Kier molecular flexibility index (Phi) is 5.71. The third kappa shape index (κ3) is 4.09. The van der Waals surface area contributed by atoms with E-state index in [2.05, 4.69) is 5.32 Å². The summed E-state index contributed by atoms with van der Waals surface area (Å²) >= 11 is 0.917. The molecule has 1 heterocycles. The van der Waals surface area contributed by atoms with E-state index in [9.17, 15) is 9.59 Å². The van der Waals surface area contributed by atoms with E-state index < -0.39 is 0 Å². The lowest BCUT2D eigenvalue weighted by atomic mass is 10.1. The number of hydrogen-bond acceptors (Lipinski definition) is 6. The molecule has 140 valence electrons. The SMILES string of the molecule is COc1ccc(/C=C2\SC(=O)N(CNc3ccccc3C)C2=O)c(OC)c1. The van der Waals surface area contributed by atoms with E-state index in [4.69, 9.17) is 9.47 Å². The molecule has 1 aliphatic heterocycles. The van der Waals surface area contributed by atoms with Gasteiger partial charge in [-0.3, -0.25) is 14.5 Å². The first-order valence-corrected chi connectivity index (χ1v) is 9.12. The number of rotatable bonds is 6. The maximum Gasteiger partial charge on any atom is 0.295 e. The molecule has 2 aromatic rings. The summed E-state index contributed by atoms with van der Waals surface area (Å²) in [5.74, 6) is 0.891. The number of ether oxygens (including phenoxy) is 2. The third-order valence-corrected chi connectivity index (χ3v) is 5.08. The van der Waals surface area contributed by atoms with Gasteiger partial charge < -0.3 is 14.8 Å². The van der Waals surface area contributed by atoms with Gasteiger partial charge in [0.25, 0.3) is 11.1 Å². The Morgan fingerprint density at radius 2 is 1.89 bits per heavy atom. The molecule has 0 radical (unpaired) electrons. The molecule has 3 rings (SSSR count). The van der Waals surface area contributed by atoms with Crippen LogP contribution in [-0.2, 0) is 4.79 Å². The summed E-state index contributed by atoms with van der Waals surface area (Å²) < 4.78 is 10.5. The van der Waals surface area contributed by atoms with Gasteiger partial charge in [0.05, 0.1) is 25.8 Å². The van der Waals surface area contributed by atoms with Crippen molar-refractivity contribution in [3.8, 4) is 11.5 Å². The molecule has 0 aromatic heterocycles. The van der Waals surface area contributed by atoms with Crippen LogP contribution < -0.4 is 14.8 Å². The van der Waals surface area contributed by atoms with Crippen LogP contribution in [0, 0.1) is 6.92 Å². The van der Waals surface area contributed by atoms with E-state index in [1.54, 1.807) is 38.5 Å². The van der Waals surface area contributed by atoms with Crippen LogP contribution in [0.4, 0.5) is 10.5 Å². The average Bonchev–Trinajstić information content (AvgIpc) is 2.94. The Morgan fingerprint density at radius 3 is 2.59 bits per heavy atom. The van der Waals surface area contributed by atoms with E-state index in [1.165, 1.54) is 4.90 Å². The fourth-order valence-electron chi connectivity index (χ4n) is 2.65. The van der Waals surface area contributed by atoms with Gasteiger partial charge in [-0.2, -0.15) is 0 Å². The molecule has 1 saturated heterocycles. The number of carbonyl (C=O) groups is 2. The van der Waals surface area contributed by atoms with Crippen LogP contribution in [0.25, 0.3) is 6.08 Å². The monoisotopic (exact) mass is 384 g/mol. The van der Waals surface area contributed by atoms with Crippen molar-refractivity contribution >= 4 is 34.7 Å². The molecule has 0 aliphatic carbocycles. The van der Waals surface area contributed by atoms with Crippen molar-refractivity contribution in [1.29, 1.82) is 0 Å². The molecule has 1 aliphatic rings. The topological polar surface area (TPSA) is 67.9 Å². The third-order valence-electron chi connectivity index (χ3n) is 4.17. The molecular formula is C20H20N2O4S. The van der Waals surface area contributed by atoms with Gasteiger partial charge in [0.1, 0.15) is 11.5 Å². The van der Waals surface area contributed by atoms with Crippen LogP contribution in [0.5, 0.6) is 11.5 Å². The second-order valence-corrected chi connectivity index (χ2v) is 6.86. The van der Waals surface area contributed by atoms with Crippen LogP contribution >= 0.6 is 11.8 Å². The highest BCUT2D eigenvalue weighted by Gasteiger charge is 2.35. The second kappa shape index (κ2) is 8.18. The standard InChI is InChI=1S/C20H20N2O4S/c1-13-6-4-5-7-16(13)21-12-22-19(23)18(27-20(22)24)10-14-8-9-15(25-2)11-17(14)26-3/h4-11,21H,12H2,1-3H3/b18-10-. The summed E-state index contributed by atoms with van der Waals surface area (Å²) in [6.45, 7) is 2.08. The zero-order chi connectivity index (χ0) is 19.4. The normalized spacial score (nSPS) is 15.4. The fraction of sp³-hybridized carbons (Fsp3) is 0.200. The van der Waals surface area contributed by atoms with Crippen LogP contribution in [-0.4, -0.2) is 36.9 Å². The smallest absolute Gasteiger partial charge is 0.295 e. The number of carbonyl (C=O) groups excluding carboxylic acids is 2. The van der Waals surface area contributed by atoms with Crippen molar-refractivity contribution in [2.75, 3.05) is 26.2 Å². The number of methoxy groups -OCH3 is 2. The number of nitrogens with zero attached hydrogens (tertiary/aromatic N) is 1. The molecule has 0 spiro atoms. The van der Waals surface area contributed by atoms with Gasteiger partial charge >= 0.3 is 0 Å². The van der Waals surface area contributed by atoms with Gasteiger partial charge in [-0.05, 0) is 48.5 Å². The quantitative estimate of drug-likeness (QED) is 0.756. The largest absolute Gasteiger partial charge is 0.497 e. The Hall–Kier alpha value is -2.93. The van der Waals surface area contributed by atoms with Crippen molar-refractivity contribution in [2.45, 2.75) is 6.92 Å². The summed E-state index contributed by atoms with van der Waals surface area (Å²) in [4.78, 5) is 26.5. The molecule has 6 nitrogen and oxygen atoms in total. The lowest BCUT2D eigenvalue weighted by molar-refractivity contribution is -0.122. The zero-order valence-electron chi connectivity index (χ0n) is 15.3. The highest BCUT2D eigenvalue weighted by Crippen LogP contribution is 2.35. The Bertz CT molecular complexity index is 911. The Morgan fingerprint density at radius 1 is 1.11 bits per heavy atom. The van der Waals surface area contributed by atoms with Crippen LogP contribution in [0.3, 0.4) is 0 Å². The number of thioether (sulfide) groups is 1. The number of para-hydroxylation sites is 1. The molecule has 1 fully saturated rings. The van der Waals surface area contributed by atoms with Crippen molar-refractivity contribution in [3.05, 3.63) is 58.5 Å². The molecule has 2 aromatic carbocycles. The van der Waals surface area contributed by atoms with Crippen LogP contribution in [0.1, 0.15) is 11.1 Å². The van der Waals surface area contributed by atoms with Crippen LogP contribution in [0.15, 0.2) is 47.4 Å². The summed E-state index contributed by atoms with van der Waals surface area (Å²) in [7, 11) is 3.12.